The van der Waals surface area contributed by atoms with Gasteiger partial charge in [0, 0.05) is 21.4 Å². The first-order valence-electron chi connectivity index (χ1n) is 8.77. The third-order valence-electron chi connectivity index (χ3n) is 4.05. The van der Waals surface area contributed by atoms with Crippen molar-refractivity contribution >= 4 is 55.0 Å². The lowest BCUT2D eigenvalue weighted by atomic mass is 10.1. The summed E-state index contributed by atoms with van der Waals surface area (Å²) >= 11 is 6.77. The smallest absolute Gasteiger partial charge is 0.262 e. The van der Waals surface area contributed by atoms with Crippen LogP contribution < -0.4 is 15.4 Å². The monoisotopic (exact) mass is 516 g/mol. The highest BCUT2D eigenvalue weighted by Gasteiger charge is 2.10. The van der Waals surface area contributed by atoms with Crippen molar-refractivity contribution in [2.45, 2.75) is 6.92 Å². The Balaban J connectivity index is 1.58. The fourth-order valence-corrected chi connectivity index (χ4v) is 3.76. The standard InChI is InChI=1S/C22H18Br2N2O3/c1-14-11-17(8-9-19(14)26-22(28)15-5-3-2-4-6-15)25-21(27)13-29-20-10-7-16(23)12-18(20)24/h2-12H,13H2,1H3,(H,25,27)(H,26,28). The molecule has 0 aliphatic rings. The number of carbonyl (C=O) groups is 2. The fraction of sp³-hybridized carbons (Fsp3) is 0.0909. The first-order chi connectivity index (χ1) is 13.9. The molecule has 5 nitrogen and oxygen atoms in total. The van der Waals surface area contributed by atoms with Crippen LogP contribution in [0.2, 0.25) is 0 Å². The van der Waals surface area contributed by atoms with E-state index in [0.29, 0.717) is 22.7 Å². The molecular formula is C22H18Br2N2O3. The summed E-state index contributed by atoms with van der Waals surface area (Å²) in [6, 6.07) is 19.8. The van der Waals surface area contributed by atoms with Crippen molar-refractivity contribution in [1.29, 1.82) is 0 Å². The molecule has 0 spiro atoms. The van der Waals surface area contributed by atoms with Crippen LogP contribution in [-0.2, 0) is 4.79 Å². The number of rotatable bonds is 6. The van der Waals surface area contributed by atoms with Crippen molar-refractivity contribution in [2.24, 2.45) is 0 Å². The van der Waals surface area contributed by atoms with E-state index in [0.717, 1.165) is 14.5 Å². The molecule has 0 saturated carbocycles. The first kappa shape index (κ1) is 21.1. The van der Waals surface area contributed by atoms with Crippen LogP contribution in [0.1, 0.15) is 15.9 Å². The zero-order valence-electron chi connectivity index (χ0n) is 15.5. The summed E-state index contributed by atoms with van der Waals surface area (Å²) in [4.78, 5) is 24.5. The highest BCUT2D eigenvalue weighted by atomic mass is 79.9. The Morgan fingerprint density at radius 1 is 0.931 bits per heavy atom. The lowest BCUT2D eigenvalue weighted by Gasteiger charge is -2.12. The molecule has 7 heteroatoms. The SMILES string of the molecule is Cc1cc(NC(=O)COc2ccc(Br)cc2Br)ccc1NC(=O)c1ccccc1. The molecule has 0 aromatic heterocycles. The van der Waals surface area contributed by atoms with E-state index in [4.69, 9.17) is 4.74 Å². The normalized spacial score (nSPS) is 10.3. The van der Waals surface area contributed by atoms with E-state index in [1.165, 1.54) is 0 Å². The van der Waals surface area contributed by atoms with Crippen molar-refractivity contribution in [2.75, 3.05) is 17.2 Å². The molecule has 0 aliphatic carbocycles. The minimum Gasteiger partial charge on any atom is -0.483 e. The molecule has 0 saturated heterocycles. The molecule has 0 aliphatic heterocycles. The second-order valence-corrected chi connectivity index (χ2v) is 8.03. The van der Waals surface area contributed by atoms with E-state index < -0.39 is 0 Å². The molecule has 2 N–H and O–H groups in total. The molecule has 0 heterocycles. The van der Waals surface area contributed by atoms with Crippen molar-refractivity contribution < 1.29 is 14.3 Å². The maximum Gasteiger partial charge on any atom is 0.262 e. The summed E-state index contributed by atoms with van der Waals surface area (Å²) in [7, 11) is 0. The number of aryl methyl sites for hydroxylation is 1. The zero-order valence-corrected chi connectivity index (χ0v) is 18.7. The van der Waals surface area contributed by atoms with Gasteiger partial charge in [0.2, 0.25) is 0 Å². The van der Waals surface area contributed by atoms with Crippen molar-refractivity contribution in [3.63, 3.8) is 0 Å². The van der Waals surface area contributed by atoms with Gasteiger partial charge in [-0.2, -0.15) is 0 Å². The second-order valence-electron chi connectivity index (χ2n) is 6.26. The summed E-state index contributed by atoms with van der Waals surface area (Å²) in [5, 5.41) is 5.67. The molecule has 0 unspecified atom stereocenters. The fourth-order valence-electron chi connectivity index (χ4n) is 2.60. The van der Waals surface area contributed by atoms with Gasteiger partial charge in [-0.25, -0.2) is 0 Å². The number of amides is 2. The molecular weight excluding hydrogens is 500 g/mol. The number of anilines is 2. The first-order valence-corrected chi connectivity index (χ1v) is 10.4. The number of hydrogen-bond donors (Lipinski definition) is 2. The Labute approximate surface area is 185 Å². The van der Waals surface area contributed by atoms with Crippen LogP contribution in [0.3, 0.4) is 0 Å². The predicted molar refractivity (Wildman–Crippen MR) is 122 cm³/mol. The van der Waals surface area contributed by atoms with Crippen LogP contribution >= 0.6 is 31.9 Å². The van der Waals surface area contributed by atoms with E-state index in [1.807, 2.05) is 37.3 Å². The highest BCUT2D eigenvalue weighted by molar-refractivity contribution is 9.11. The van der Waals surface area contributed by atoms with Crippen LogP contribution in [0, 0.1) is 6.92 Å². The van der Waals surface area contributed by atoms with E-state index in [9.17, 15) is 9.59 Å². The topological polar surface area (TPSA) is 67.4 Å². The summed E-state index contributed by atoms with van der Waals surface area (Å²) < 4.78 is 7.22. The molecule has 148 valence electrons. The quantitative estimate of drug-likeness (QED) is 0.435. The Hall–Kier alpha value is -2.64. The summed E-state index contributed by atoms with van der Waals surface area (Å²) in [5.74, 6) is 0.123. The third-order valence-corrected chi connectivity index (χ3v) is 5.16. The summed E-state index contributed by atoms with van der Waals surface area (Å²) in [6.45, 7) is 1.75. The molecule has 2 amide bonds. The second kappa shape index (κ2) is 9.71. The number of halogens is 2. The van der Waals surface area contributed by atoms with E-state index in [1.54, 1.807) is 36.4 Å². The Morgan fingerprint density at radius 2 is 1.69 bits per heavy atom. The lowest BCUT2D eigenvalue weighted by molar-refractivity contribution is -0.118. The average Bonchev–Trinajstić information content (AvgIpc) is 2.70. The maximum absolute atomic E-state index is 12.3. The Bertz CT molecular complexity index is 1040. The third kappa shape index (κ3) is 5.92. The number of nitrogens with one attached hydrogen (secondary N) is 2. The molecule has 0 radical (unpaired) electrons. The largest absolute Gasteiger partial charge is 0.483 e. The number of ether oxygens (including phenoxy) is 1. The lowest BCUT2D eigenvalue weighted by Crippen LogP contribution is -2.20. The highest BCUT2D eigenvalue weighted by Crippen LogP contribution is 2.28. The van der Waals surface area contributed by atoms with Crippen LogP contribution in [0.25, 0.3) is 0 Å². The van der Waals surface area contributed by atoms with Crippen LogP contribution in [0.4, 0.5) is 11.4 Å². The Kier molecular flexibility index (Phi) is 7.06. The van der Waals surface area contributed by atoms with Gasteiger partial charge in [-0.05, 0) is 76.9 Å². The van der Waals surface area contributed by atoms with Gasteiger partial charge in [0.05, 0.1) is 4.47 Å². The predicted octanol–water partition coefficient (Wildman–Crippen LogP) is 5.79. The van der Waals surface area contributed by atoms with E-state index in [2.05, 4.69) is 42.5 Å². The summed E-state index contributed by atoms with van der Waals surface area (Å²) in [6.07, 6.45) is 0. The van der Waals surface area contributed by atoms with Gasteiger partial charge in [0.15, 0.2) is 6.61 Å². The molecule has 3 aromatic rings. The van der Waals surface area contributed by atoms with E-state index >= 15 is 0 Å². The Morgan fingerprint density at radius 3 is 2.38 bits per heavy atom. The maximum atomic E-state index is 12.3. The van der Waals surface area contributed by atoms with Crippen molar-refractivity contribution in [1.82, 2.24) is 0 Å². The van der Waals surface area contributed by atoms with E-state index in [-0.39, 0.29) is 18.4 Å². The van der Waals surface area contributed by atoms with Crippen molar-refractivity contribution in [3.8, 4) is 5.75 Å². The molecule has 29 heavy (non-hydrogen) atoms. The molecule has 0 fully saturated rings. The van der Waals surface area contributed by atoms with Gasteiger partial charge in [-0.1, -0.05) is 34.1 Å². The average molecular weight is 518 g/mol. The van der Waals surface area contributed by atoms with Gasteiger partial charge in [-0.3, -0.25) is 9.59 Å². The summed E-state index contributed by atoms with van der Waals surface area (Å²) in [5.41, 5.74) is 2.74. The van der Waals surface area contributed by atoms with Gasteiger partial charge >= 0.3 is 0 Å². The van der Waals surface area contributed by atoms with Gasteiger partial charge in [0.1, 0.15) is 5.75 Å². The minimum absolute atomic E-state index is 0.119. The molecule has 0 atom stereocenters. The van der Waals surface area contributed by atoms with Gasteiger partial charge in [-0.15, -0.1) is 0 Å². The van der Waals surface area contributed by atoms with Gasteiger partial charge in [0.25, 0.3) is 11.8 Å². The van der Waals surface area contributed by atoms with Crippen molar-refractivity contribution in [3.05, 3.63) is 86.8 Å². The molecule has 0 bridgehead atoms. The zero-order chi connectivity index (χ0) is 20.8. The number of benzene rings is 3. The van der Waals surface area contributed by atoms with Crippen LogP contribution in [0.5, 0.6) is 5.75 Å². The van der Waals surface area contributed by atoms with Crippen LogP contribution in [-0.4, -0.2) is 18.4 Å². The van der Waals surface area contributed by atoms with Gasteiger partial charge < -0.3 is 15.4 Å². The molecule has 3 aromatic carbocycles. The minimum atomic E-state index is -0.278. The van der Waals surface area contributed by atoms with Crippen LogP contribution in [0.15, 0.2) is 75.7 Å². The number of hydrogen-bond acceptors (Lipinski definition) is 3. The molecule has 3 rings (SSSR count). The number of carbonyl (C=O) groups excluding carboxylic acids is 2.